The number of unbranched alkanes of at least 4 members (excludes halogenated alkanes) is 1. The number of rotatable bonds is 5. The Morgan fingerprint density at radius 3 is 2.46 bits per heavy atom. The molecule has 4 aliphatic rings. The summed E-state index contributed by atoms with van der Waals surface area (Å²) in [6.07, 6.45) is 11.8. The zero-order valence-corrected chi connectivity index (χ0v) is 18.8. The highest BCUT2D eigenvalue weighted by atomic mass is 16.3. The second-order valence-electron chi connectivity index (χ2n) is 11.6. The zero-order valence-electron chi connectivity index (χ0n) is 18.8. The van der Waals surface area contributed by atoms with Gasteiger partial charge < -0.3 is 15.5 Å². The lowest BCUT2D eigenvalue weighted by atomic mass is 9.44. The van der Waals surface area contributed by atoms with Gasteiger partial charge in [0.25, 0.3) is 0 Å². The van der Waals surface area contributed by atoms with Crippen LogP contribution in [0.25, 0.3) is 0 Å². The van der Waals surface area contributed by atoms with Crippen LogP contribution in [0, 0.1) is 40.4 Å². The molecule has 4 saturated carbocycles. The predicted molar refractivity (Wildman–Crippen MR) is 115 cm³/mol. The van der Waals surface area contributed by atoms with E-state index < -0.39 is 0 Å². The second-order valence-corrected chi connectivity index (χ2v) is 11.6. The maximum atomic E-state index is 11.2. The molecule has 4 rings (SSSR count). The third kappa shape index (κ3) is 3.28. The number of hydrogen-bond acceptors (Lipinski definition) is 3. The molecule has 10 atom stereocenters. The van der Waals surface area contributed by atoms with Crippen molar-refractivity contribution in [3.63, 3.8) is 0 Å². The van der Waals surface area contributed by atoms with Crippen molar-refractivity contribution in [1.82, 2.24) is 5.32 Å². The topological polar surface area (TPSA) is 52.5 Å². The summed E-state index contributed by atoms with van der Waals surface area (Å²) in [4.78, 5) is 0. The van der Waals surface area contributed by atoms with Crippen LogP contribution < -0.4 is 5.32 Å². The van der Waals surface area contributed by atoms with Crippen molar-refractivity contribution < 1.29 is 10.2 Å². The van der Waals surface area contributed by atoms with Crippen LogP contribution in [0.1, 0.15) is 91.9 Å². The fourth-order valence-corrected chi connectivity index (χ4v) is 8.83. The third-order valence-electron chi connectivity index (χ3n) is 10.3. The molecule has 0 aromatic carbocycles. The fourth-order valence-electron chi connectivity index (χ4n) is 8.83. The Hall–Kier alpha value is -0.120. The van der Waals surface area contributed by atoms with Crippen LogP contribution in [0.5, 0.6) is 0 Å². The maximum Gasteiger partial charge on any atom is 0.0591 e. The number of aliphatic hydroxyl groups is 2. The standard InChI is InChI=1S/C25H45NO2/c1-5-6-13-26-16(2)23-22(28)15-21-19-8-7-17-14-18(27)9-11-24(17,3)20(19)10-12-25(21,23)4/h16-23,26-28H,5-15H2,1-4H3/t16?,17-,18-,19+,20-,21-,22-,23-,24-,25-/m0/s1. The van der Waals surface area contributed by atoms with Gasteiger partial charge in [0.2, 0.25) is 0 Å². The van der Waals surface area contributed by atoms with Gasteiger partial charge in [-0.15, -0.1) is 0 Å². The van der Waals surface area contributed by atoms with Gasteiger partial charge in [0.1, 0.15) is 0 Å². The molecule has 0 radical (unpaired) electrons. The van der Waals surface area contributed by atoms with Crippen LogP contribution in [0.15, 0.2) is 0 Å². The lowest BCUT2D eigenvalue weighted by Gasteiger charge is -2.61. The van der Waals surface area contributed by atoms with Gasteiger partial charge in [-0.05, 0) is 106 Å². The molecule has 3 heteroatoms. The number of hydrogen-bond donors (Lipinski definition) is 3. The van der Waals surface area contributed by atoms with Crippen molar-refractivity contribution in [3.8, 4) is 0 Å². The second kappa shape index (κ2) is 7.85. The summed E-state index contributed by atoms with van der Waals surface area (Å²) in [5, 5.41) is 25.1. The van der Waals surface area contributed by atoms with Crippen molar-refractivity contribution in [2.75, 3.05) is 6.54 Å². The lowest BCUT2D eigenvalue weighted by molar-refractivity contribution is -0.128. The van der Waals surface area contributed by atoms with Crippen LogP contribution in [0.2, 0.25) is 0 Å². The molecule has 162 valence electrons. The first-order chi connectivity index (χ1) is 13.3. The molecule has 28 heavy (non-hydrogen) atoms. The maximum absolute atomic E-state index is 11.2. The summed E-state index contributed by atoms with van der Waals surface area (Å²) >= 11 is 0. The van der Waals surface area contributed by atoms with Crippen LogP contribution >= 0.6 is 0 Å². The summed E-state index contributed by atoms with van der Waals surface area (Å²) in [7, 11) is 0. The molecule has 0 amide bonds. The van der Waals surface area contributed by atoms with Crippen molar-refractivity contribution in [2.24, 2.45) is 40.4 Å². The van der Waals surface area contributed by atoms with Crippen molar-refractivity contribution in [3.05, 3.63) is 0 Å². The summed E-state index contributed by atoms with van der Waals surface area (Å²) in [5.74, 6) is 3.41. The van der Waals surface area contributed by atoms with Gasteiger partial charge in [0, 0.05) is 12.0 Å². The smallest absolute Gasteiger partial charge is 0.0591 e. The molecule has 4 aliphatic carbocycles. The molecule has 0 aromatic rings. The van der Waals surface area contributed by atoms with Gasteiger partial charge in [0.15, 0.2) is 0 Å². The first-order valence-electron chi connectivity index (χ1n) is 12.4. The van der Waals surface area contributed by atoms with Gasteiger partial charge in [-0.2, -0.15) is 0 Å². The third-order valence-corrected chi connectivity index (χ3v) is 10.3. The molecule has 0 aliphatic heterocycles. The van der Waals surface area contributed by atoms with Gasteiger partial charge in [-0.3, -0.25) is 0 Å². The Labute approximate surface area is 173 Å². The summed E-state index contributed by atoms with van der Waals surface area (Å²) in [6, 6.07) is 0.407. The molecule has 0 saturated heterocycles. The molecule has 0 aromatic heterocycles. The van der Waals surface area contributed by atoms with E-state index >= 15 is 0 Å². The average molecular weight is 392 g/mol. The highest BCUT2D eigenvalue weighted by molar-refractivity contribution is 5.12. The monoisotopic (exact) mass is 391 g/mol. The minimum absolute atomic E-state index is 0.0591. The van der Waals surface area contributed by atoms with Crippen LogP contribution in [-0.2, 0) is 0 Å². The molecule has 3 N–H and O–H groups in total. The lowest BCUT2D eigenvalue weighted by Crippen LogP contribution is -2.55. The Morgan fingerprint density at radius 1 is 0.964 bits per heavy atom. The Balaban J connectivity index is 1.53. The van der Waals surface area contributed by atoms with Crippen molar-refractivity contribution in [1.29, 1.82) is 0 Å². The molecular formula is C25H45NO2. The van der Waals surface area contributed by atoms with Gasteiger partial charge in [0.05, 0.1) is 12.2 Å². The van der Waals surface area contributed by atoms with Gasteiger partial charge >= 0.3 is 0 Å². The quantitative estimate of drug-likeness (QED) is 0.593. The van der Waals surface area contributed by atoms with Crippen molar-refractivity contribution in [2.45, 2.75) is 110 Å². The number of nitrogens with one attached hydrogen (secondary N) is 1. The largest absolute Gasteiger partial charge is 0.393 e. The van der Waals surface area contributed by atoms with Crippen LogP contribution in [0.3, 0.4) is 0 Å². The minimum atomic E-state index is -0.142. The van der Waals surface area contributed by atoms with Crippen LogP contribution in [0.4, 0.5) is 0 Å². The Morgan fingerprint density at radius 2 is 1.71 bits per heavy atom. The fraction of sp³-hybridized carbons (Fsp3) is 1.00. The summed E-state index contributed by atoms with van der Waals surface area (Å²) in [5.41, 5.74) is 0.716. The predicted octanol–water partition coefficient (Wildman–Crippen LogP) is 4.76. The normalized spacial score (nSPS) is 51.9. The molecule has 0 heterocycles. The van der Waals surface area contributed by atoms with E-state index in [1.54, 1.807) is 0 Å². The summed E-state index contributed by atoms with van der Waals surface area (Å²) in [6.45, 7) is 10.7. The van der Waals surface area contributed by atoms with Gasteiger partial charge in [-0.1, -0.05) is 27.2 Å². The highest BCUT2D eigenvalue weighted by Gasteiger charge is 2.62. The Kier molecular flexibility index (Phi) is 5.92. The summed E-state index contributed by atoms with van der Waals surface area (Å²) < 4.78 is 0. The SMILES string of the molecule is CCCCNC(C)[C@H]1[C@@H](O)C[C@H]2[C@@H]3CC[C@H]4C[C@@H](O)CC[C@]4(C)[C@H]3CC[C@@]21C. The van der Waals surface area contributed by atoms with E-state index in [-0.39, 0.29) is 17.6 Å². The van der Waals surface area contributed by atoms with E-state index in [2.05, 4.69) is 33.0 Å². The number of fused-ring (bicyclic) bond motifs is 5. The minimum Gasteiger partial charge on any atom is -0.393 e. The van der Waals surface area contributed by atoms with E-state index in [1.807, 2.05) is 0 Å². The average Bonchev–Trinajstić information content (AvgIpc) is 2.92. The molecule has 0 bridgehead atoms. The molecular weight excluding hydrogens is 346 g/mol. The first kappa shape index (κ1) is 21.1. The first-order valence-corrected chi connectivity index (χ1v) is 12.4. The van der Waals surface area contributed by atoms with E-state index in [1.165, 1.54) is 44.9 Å². The molecule has 3 nitrogen and oxygen atoms in total. The van der Waals surface area contributed by atoms with E-state index in [0.717, 1.165) is 43.6 Å². The van der Waals surface area contributed by atoms with E-state index in [4.69, 9.17) is 0 Å². The number of aliphatic hydroxyl groups excluding tert-OH is 2. The highest BCUT2D eigenvalue weighted by Crippen LogP contribution is 2.67. The molecule has 1 unspecified atom stereocenters. The van der Waals surface area contributed by atoms with Crippen molar-refractivity contribution >= 4 is 0 Å². The van der Waals surface area contributed by atoms with Crippen LogP contribution in [-0.4, -0.2) is 35.0 Å². The van der Waals surface area contributed by atoms with E-state index in [0.29, 0.717) is 23.3 Å². The van der Waals surface area contributed by atoms with E-state index in [9.17, 15) is 10.2 Å². The molecule has 0 spiro atoms. The van der Waals surface area contributed by atoms with Gasteiger partial charge in [-0.25, -0.2) is 0 Å². The molecule has 4 fully saturated rings. The Bertz CT molecular complexity index is 553. The zero-order chi connectivity index (χ0) is 20.1.